The number of rotatable bonds is 10. The Balaban J connectivity index is 3.11. The highest BCUT2D eigenvalue weighted by molar-refractivity contribution is 7.80. The molecule has 0 saturated carbocycles. The molecular formula is C12H27NS2. The van der Waals surface area contributed by atoms with E-state index in [2.05, 4.69) is 32.2 Å². The Morgan fingerprint density at radius 1 is 0.867 bits per heavy atom. The molecule has 92 valence electrons. The third kappa shape index (κ3) is 10.9. The largest absolute Gasteiger partial charge is 0.325 e. The number of unbranched alkanes of at least 4 members (excludes halogenated alkanes) is 6. The molecule has 1 nitrogen and oxygen atoms in total. The van der Waals surface area contributed by atoms with Crippen LogP contribution in [0.1, 0.15) is 58.3 Å². The van der Waals surface area contributed by atoms with E-state index in [1.54, 1.807) is 0 Å². The van der Waals surface area contributed by atoms with Gasteiger partial charge in [-0.15, -0.1) is 0 Å². The van der Waals surface area contributed by atoms with Crippen molar-refractivity contribution in [3.05, 3.63) is 0 Å². The van der Waals surface area contributed by atoms with Crippen molar-refractivity contribution in [3.8, 4) is 0 Å². The fourth-order valence-electron chi connectivity index (χ4n) is 1.60. The van der Waals surface area contributed by atoms with Crippen LogP contribution in [0.5, 0.6) is 0 Å². The predicted octanol–water partition coefficient (Wildman–Crippen LogP) is 3.68. The van der Waals surface area contributed by atoms with E-state index in [0.29, 0.717) is 0 Å². The van der Waals surface area contributed by atoms with Crippen molar-refractivity contribution in [2.45, 2.75) is 63.8 Å². The van der Waals surface area contributed by atoms with E-state index in [0.717, 1.165) is 17.9 Å². The zero-order valence-electron chi connectivity index (χ0n) is 10.0. The second-order valence-corrected chi connectivity index (χ2v) is 5.52. The van der Waals surface area contributed by atoms with Crippen molar-refractivity contribution in [1.29, 1.82) is 0 Å². The van der Waals surface area contributed by atoms with Crippen LogP contribution in [0.4, 0.5) is 0 Å². The lowest BCUT2D eigenvalue weighted by atomic mass is 9.97. The summed E-state index contributed by atoms with van der Waals surface area (Å²) in [6.45, 7) is 2.09. The van der Waals surface area contributed by atoms with Crippen molar-refractivity contribution in [3.63, 3.8) is 0 Å². The molecule has 0 aromatic carbocycles. The molecule has 0 aromatic rings. The minimum absolute atomic E-state index is 0.0604. The van der Waals surface area contributed by atoms with Gasteiger partial charge in [-0.05, 0) is 25.5 Å². The maximum absolute atomic E-state index is 6.01. The second kappa shape index (κ2) is 9.86. The van der Waals surface area contributed by atoms with Gasteiger partial charge < -0.3 is 5.73 Å². The molecular weight excluding hydrogens is 222 g/mol. The molecule has 0 spiro atoms. The standard InChI is InChI=1S/C12H27NS2/c1-12(13,11-15)9-7-5-3-2-4-6-8-10-14/h14-15H,2-11,13H2,1H3. The zero-order chi connectivity index (χ0) is 11.6. The van der Waals surface area contributed by atoms with Gasteiger partial charge in [0.2, 0.25) is 0 Å². The molecule has 0 bridgehead atoms. The number of thiol groups is 2. The maximum atomic E-state index is 6.01. The molecule has 1 unspecified atom stereocenters. The number of hydrogen-bond donors (Lipinski definition) is 3. The van der Waals surface area contributed by atoms with Crippen LogP contribution in [0, 0.1) is 0 Å². The Labute approximate surface area is 106 Å². The lowest BCUT2D eigenvalue weighted by Gasteiger charge is -2.21. The monoisotopic (exact) mass is 249 g/mol. The first kappa shape index (κ1) is 15.7. The van der Waals surface area contributed by atoms with E-state index in [9.17, 15) is 0 Å². The average Bonchev–Trinajstić information content (AvgIpc) is 2.22. The lowest BCUT2D eigenvalue weighted by Crippen LogP contribution is -2.37. The molecule has 0 aliphatic heterocycles. The van der Waals surface area contributed by atoms with Crippen LogP contribution in [0.15, 0.2) is 0 Å². The summed E-state index contributed by atoms with van der Waals surface area (Å²) in [4.78, 5) is 0. The summed E-state index contributed by atoms with van der Waals surface area (Å²) >= 11 is 8.45. The Morgan fingerprint density at radius 2 is 1.33 bits per heavy atom. The first-order chi connectivity index (χ1) is 7.12. The van der Waals surface area contributed by atoms with Gasteiger partial charge in [0, 0.05) is 11.3 Å². The van der Waals surface area contributed by atoms with Crippen molar-refractivity contribution in [2.75, 3.05) is 11.5 Å². The summed E-state index contributed by atoms with van der Waals surface area (Å²) in [7, 11) is 0. The first-order valence-corrected chi connectivity index (χ1v) is 7.39. The van der Waals surface area contributed by atoms with Crippen LogP contribution in [0.25, 0.3) is 0 Å². The molecule has 2 N–H and O–H groups in total. The van der Waals surface area contributed by atoms with Crippen molar-refractivity contribution in [1.82, 2.24) is 0 Å². The van der Waals surface area contributed by atoms with Gasteiger partial charge in [-0.3, -0.25) is 0 Å². The Kier molecular flexibility index (Phi) is 10.3. The van der Waals surface area contributed by atoms with Crippen molar-refractivity contribution >= 4 is 25.3 Å². The minimum atomic E-state index is -0.0604. The number of hydrogen-bond acceptors (Lipinski definition) is 3. The molecule has 0 rings (SSSR count). The van der Waals surface area contributed by atoms with Gasteiger partial charge in [-0.1, -0.05) is 38.5 Å². The zero-order valence-corrected chi connectivity index (χ0v) is 11.8. The topological polar surface area (TPSA) is 26.0 Å². The summed E-state index contributed by atoms with van der Waals surface area (Å²) in [5.41, 5.74) is 5.95. The summed E-state index contributed by atoms with van der Waals surface area (Å²) in [5, 5.41) is 0. The van der Waals surface area contributed by atoms with Gasteiger partial charge >= 0.3 is 0 Å². The second-order valence-electron chi connectivity index (χ2n) is 4.76. The average molecular weight is 249 g/mol. The third-order valence-corrected chi connectivity index (χ3v) is 3.81. The first-order valence-electron chi connectivity index (χ1n) is 6.13. The van der Waals surface area contributed by atoms with Gasteiger partial charge in [0.05, 0.1) is 0 Å². The van der Waals surface area contributed by atoms with Gasteiger partial charge in [-0.25, -0.2) is 0 Å². The van der Waals surface area contributed by atoms with E-state index in [1.807, 2.05) is 0 Å². The van der Waals surface area contributed by atoms with Crippen LogP contribution < -0.4 is 5.73 Å². The van der Waals surface area contributed by atoms with Gasteiger partial charge in [0.1, 0.15) is 0 Å². The molecule has 0 heterocycles. The SMILES string of the molecule is CC(N)(CS)CCCCCCCCCS. The van der Waals surface area contributed by atoms with Gasteiger partial charge in [0.25, 0.3) is 0 Å². The molecule has 0 radical (unpaired) electrons. The highest BCUT2D eigenvalue weighted by atomic mass is 32.1. The van der Waals surface area contributed by atoms with Crippen LogP contribution in [-0.4, -0.2) is 17.0 Å². The summed E-state index contributed by atoms with van der Waals surface area (Å²) in [6.07, 6.45) is 10.4. The summed E-state index contributed by atoms with van der Waals surface area (Å²) in [6, 6.07) is 0. The molecule has 0 aliphatic carbocycles. The normalized spacial score (nSPS) is 15.2. The van der Waals surface area contributed by atoms with Gasteiger partial charge in [0.15, 0.2) is 0 Å². The van der Waals surface area contributed by atoms with E-state index in [4.69, 9.17) is 5.73 Å². The van der Waals surface area contributed by atoms with Crippen molar-refractivity contribution < 1.29 is 0 Å². The van der Waals surface area contributed by atoms with Crippen LogP contribution in [0.2, 0.25) is 0 Å². The number of nitrogens with two attached hydrogens (primary N) is 1. The minimum Gasteiger partial charge on any atom is -0.325 e. The molecule has 0 amide bonds. The Hall–Kier alpha value is 0.660. The molecule has 0 aliphatic rings. The Bertz CT molecular complexity index is 138. The van der Waals surface area contributed by atoms with E-state index in [-0.39, 0.29) is 5.54 Å². The molecule has 0 fully saturated rings. The van der Waals surface area contributed by atoms with E-state index >= 15 is 0 Å². The Morgan fingerprint density at radius 3 is 1.80 bits per heavy atom. The highest BCUT2D eigenvalue weighted by Gasteiger charge is 2.14. The molecule has 1 atom stereocenters. The summed E-state index contributed by atoms with van der Waals surface area (Å²) in [5.74, 6) is 1.82. The van der Waals surface area contributed by atoms with Gasteiger partial charge in [-0.2, -0.15) is 25.3 Å². The van der Waals surface area contributed by atoms with Crippen LogP contribution in [0.3, 0.4) is 0 Å². The fraction of sp³-hybridized carbons (Fsp3) is 1.00. The quantitative estimate of drug-likeness (QED) is 0.400. The summed E-state index contributed by atoms with van der Waals surface area (Å²) < 4.78 is 0. The fourth-order valence-corrected chi connectivity index (χ4v) is 1.99. The third-order valence-electron chi connectivity index (χ3n) is 2.77. The van der Waals surface area contributed by atoms with Crippen LogP contribution >= 0.6 is 25.3 Å². The predicted molar refractivity (Wildman–Crippen MR) is 77.2 cm³/mol. The maximum Gasteiger partial charge on any atom is 0.0214 e. The lowest BCUT2D eigenvalue weighted by molar-refractivity contribution is 0.448. The highest BCUT2D eigenvalue weighted by Crippen LogP contribution is 2.15. The van der Waals surface area contributed by atoms with Crippen LogP contribution in [-0.2, 0) is 0 Å². The molecule has 3 heteroatoms. The van der Waals surface area contributed by atoms with Crippen molar-refractivity contribution in [2.24, 2.45) is 5.73 Å². The smallest absolute Gasteiger partial charge is 0.0214 e. The molecule has 15 heavy (non-hydrogen) atoms. The molecule has 0 aromatic heterocycles. The van der Waals surface area contributed by atoms with E-state index < -0.39 is 0 Å². The molecule has 0 saturated heterocycles. The van der Waals surface area contributed by atoms with E-state index in [1.165, 1.54) is 44.9 Å².